The van der Waals surface area contributed by atoms with Crippen LogP contribution in [0.3, 0.4) is 0 Å². The van der Waals surface area contributed by atoms with Crippen LogP contribution < -0.4 is 5.32 Å². The fourth-order valence-electron chi connectivity index (χ4n) is 3.87. The van der Waals surface area contributed by atoms with Gasteiger partial charge < -0.3 is 5.32 Å². The normalized spacial score (nSPS) is 13.0. The number of nitrogens with zero attached hydrogens (tertiary/aromatic N) is 4. The fourth-order valence-corrected chi connectivity index (χ4v) is 5.63. The highest BCUT2D eigenvalue weighted by Crippen LogP contribution is 2.31. The number of anilines is 1. The van der Waals surface area contributed by atoms with E-state index in [4.69, 9.17) is 0 Å². The van der Waals surface area contributed by atoms with Crippen LogP contribution in [0, 0.1) is 20.8 Å². The molecule has 4 rings (SSSR count). The lowest BCUT2D eigenvalue weighted by atomic mass is 10.0. The summed E-state index contributed by atoms with van der Waals surface area (Å²) in [6.45, 7) is 8.01. The summed E-state index contributed by atoms with van der Waals surface area (Å²) in [5.41, 5.74) is 5.74. The second kappa shape index (κ2) is 9.01. The highest BCUT2D eigenvalue weighted by Gasteiger charge is 2.21. The molecule has 1 amide bonds. The predicted molar refractivity (Wildman–Crippen MR) is 136 cm³/mol. The van der Waals surface area contributed by atoms with Gasteiger partial charge in [0.05, 0.1) is 15.7 Å². The van der Waals surface area contributed by atoms with E-state index in [0.717, 1.165) is 32.0 Å². The summed E-state index contributed by atoms with van der Waals surface area (Å²) in [6.07, 6.45) is 0. The Hall–Kier alpha value is -2.95. The second-order valence-electron chi connectivity index (χ2n) is 8.54. The molecule has 0 saturated heterocycles. The SMILES string of the molecule is Cc1cc(C)c2c(c1)c(C)cc1nnc(SC(C)C(=O)Nc3ccc(S(=O)(=O)N(C)C)cc3)n12. The topological polar surface area (TPSA) is 96.7 Å². The highest BCUT2D eigenvalue weighted by atomic mass is 32.2. The largest absolute Gasteiger partial charge is 0.325 e. The molecular weight excluding hydrogens is 470 g/mol. The minimum atomic E-state index is -3.52. The van der Waals surface area contributed by atoms with Crippen molar-refractivity contribution in [2.75, 3.05) is 19.4 Å². The molecule has 1 N–H and O–H groups in total. The van der Waals surface area contributed by atoms with Gasteiger partial charge in [-0.2, -0.15) is 0 Å². The molecule has 0 radical (unpaired) electrons. The average Bonchev–Trinajstić information content (AvgIpc) is 3.15. The summed E-state index contributed by atoms with van der Waals surface area (Å²) >= 11 is 1.33. The summed E-state index contributed by atoms with van der Waals surface area (Å²) in [6, 6.07) is 12.4. The number of hydrogen-bond acceptors (Lipinski definition) is 6. The third kappa shape index (κ3) is 4.40. The molecule has 34 heavy (non-hydrogen) atoms. The number of rotatable bonds is 6. The van der Waals surface area contributed by atoms with Crippen molar-refractivity contribution in [2.24, 2.45) is 0 Å². The number of fused-ring (bicyclic) bond motifs is 3. The minimum Gasteiger partial charge on any atom is -0.325 e. The Labute approximate surface area is 203 Å². The molecule has 1 unspecified atom stereocenters. The quantitative estimate of drug-likeness (QED) is 0.402. The number of amides is 1. The molecular formula is C24H27N5O3S2. The van der Waals surface area contributed by atoms with Crippen molar-refractivity contribution in [2.45, 2.75) is 43.0 Å². The number of nitrogens with one attached hydrogen (secondary N) is 1. The first-order chi connectivity index (χ1) is 16.0. The predicted octanol–water partition coefficient (Wildman–Crippen LogP) is 4.18. The van der Waals surface area contributed by atoms with E-state index < -0.39 is 15.3 Å². The first-order valence-corrected chi connectivity index (χ1v) is 13.1. The van der Waals surface area contributed by atoms with Crippen LogP contribution in [0.2, 0.25) is 0 Å². The molecule has 8 nitrogen and oxygen atoms in total. The Kier molecular flexibility index (Phi) is 6.41. The highest BCUT2D eigenvalue weighted by molar-refractivity contribution is 8.00. The van der Waals surface area contributed by atoms with Crippen LogP contribution >= 0.6 is 11.8 Å². The molecule has 0 aliphatic heterocycles. The van der Waals surface area contributed by atoms with Gasteiger partial charge in [-0.25, -0.2) is 12.7 Å². The van der Waals surface area contributed by atoms with Crippen molar-refractivity contribution >= 4 is 49.9 Å². The standard InChI is InChI=1S/C24H27N5O3S2/c1-14-11-16(3)22-20(12-14)15(2)13-21-26-27-24(29(21)22)33-17(4)23(30)25-18-7-9-19(10-8-18)34(31,32)28(5)6/h7-13,17H,1-6H3,(H,25,30). The van der Waals surface area contributed by atoms with Crippen LogP contribution in [0.4, 0.5) is 5.69 Å². The van der Waals surface area contributed by atoms with E-state index in [2.05, 4.69) is 48.4 Å². The summed E-state index contributed by atoms with van der Waals surface area (Å²) in [4.78, 5) is 13.0. The number of pyridine rings is 1. The van der Waals surface area contributed by atoms with Gasteiger partial charge in [0.1, 0.15) is 0 Å². The first-order valence-electron chi connectivity index (χ1n) is 10.7. The van der Waals surface area contributed by atoms with Crippen LogP contribution in [0.1, 0.15) is 23.6 Å². The monoisotopic (exact) mass is 497 g/mol. The summed E-state index contributed by atoms with van der Waals surface area (Å²) in [5.74, 6) is -0.214. The molecule has 0 saturated carbocycles. The zero-order chi connectivity index (χ0) is 24.8. The van der Waals surface area contributed by atoms with Crippen molar-refractivity contribution in [1.82, 2.24) is 18.9 Å². The number of aryl methyl sites for hydroxylation is 3. The second-order valence-corrected chi connectivity index (χ2v) is 12.0. The van der Waals surface area contributed by atoms with E-state index in [1.807, 2.05) is 10.5 Å². The number of thioether (sulfide) groups is 1. The molecule has 2 heterocycles. The number of sulfonamides is 1. The molecule has 4 aromatic rings. The van der Waals surface area contributed by atoms with Gasteiger partial charge in [0.25, 0.3) is 0 Å². The van der Waals surface area contributed by atoms with Gasteiger partial charge >= 0.3 is 0 Å². The molecule has 0 aliphatic rings. The van der Waals surface area contributed by atoms with Gasteiger partial charge in [0.15, 0.2) is 10.8 Å². The van der Waals surface area contributed by atoms with Crippen molar-refractivity contribution in [3.8, 4) is 0 Å². The van der Waals surface area contributed by atoms with Gasteiger partial charge in [-0.15, -0.1) is 10.2 Å². The molecule has 0 bridgehead atoms. The van der Waals surface area contributed by atoms with E-state index in [-0.39, 0.29) is 10.8 Å². The molecule has 2 aromatic carbocycles. The zero-order valence-electron chi connectivity index (χ0n) is 19.9. The summed E-state index contributed by atoms with van der Waals surface area (Å²) in [7, 11) is -0.567. The first kappa shape index (κ1) is 24.2. The number of hydrogen-bond donors (Lipinski definition) is 1. The van der Waals surface area contributed by atoms with Gasteiger partial charge in [-0.3, -0.25) is 9.20 Å². The Bertz CT molecular complexity index is 1510. The van der Waals surface area contributed by atoms with Gasteiger partial charge in [0, 0.05) is 25.2 Å². The van der Waals surface area contributed by atoms with E-state index in [1.54, 1.807) is 19.1 Å². The van der Waals surface area contributed by atoms with E-state index >= 15 is 0 Å². The lowest BCUT2D eigenvalue weighted by Crippen LogP contribution is -2.23. The third-order valence-corrected chi connectivity index (χ3v) is 8.52. The number of carbonyl (C=O) groups excluding carboxylic acids is 1. The smallest absolute Gasteiger partial charge is 0.242 e. The molecule has 178 valence electrons. The van der Waals surface area contributed by atoms with Gasteiger partial charge in [-0.1, -0.05) is 23.4 Å². The van der Waals surface area contributed by atoms with Crippen molar-refractivity contribution in [1.29, 1.82) is 0 Å². The lowest BCUT2D eigenvalue weighted by molar-refractivity contribution is -0.115. The van der Waals surface area contributed by atoms with Crippen LogP contribution in [-0.4, -0.2) is 52.6 Å². The van der Waals surface area contributed by atoms with E-state index in [1.165, 1.54) is 43.6 Å². The Morgan fingerprint density at radius 1 is 1.03 bits per heavy atom. The Morgan fingerprint density at radius 3 is 2.35 bits per heavy atom. The molecule has 0 aliphatic carbocycles. The van der Waals surface area contributed by atoms with Crippen molar-refractivity contribution in [3.05, 3.63) is 59.2 Å². The van der Waals surface area contributed by atoms with Crippen LogP contribution in [-0.2, 0) is 14.8 Å². The van der Waals surface area contributed by atoms with E-state index in [9.17, 15) is 13.2 Å². The maximum Gasteiger partial charge on any atom is 0.242 e. The minimum absolute atomic E-state index is 0.167. The van der Waals surface area contributed by atoms with Crippen molar-refractivity contribution in [3.63, 3.8) is 0 Å². The molecule has 1 atom stereocenters. The van der Waals surface area contributed by atoms with Crippen LogP contribution in [0.5, 0.6) is 0 Å². The van der Waals surface area contributed by atoms with E-state index in [0.29, 0.717) is 10.8 Å². The Morgan fingerprint density at radius 2 is 1.71 bits per heavy atom. The fraction of sp³-hybridized carbons (Fsp3) is 0.292. The van der Waals surface area contributed by atoms with Gasteiger partial charge in [0.2, 0.25) is 15.9 Å². The molecule has 10 heteroatoms. The molecule has 0 fully saturated rings. The summed E-state index contributed by atoms with van der Waals surface area (Å²) < 4.78 is 27.6. The summed E-state index contributed by atoms with van der Waals surface area (Å²) in [5, 5.41) is 12.9. The maximum absolute atomic E-state index is 12.9. The molecule has 2 aromatic heterocycles. The maximum atomic E-state index is 12.9. The van der Waals surface area contributed by atoms with Crippen LogP contribution in [0.15, 0.2) is 52.5 Å². The molecule has 0 spiro atoms. The Balaban J connectivity index is 1.58. The van der Waals surface area contributed by atoms with Crippen LogP contribution in [0.25, 0.3) is 16.6 Å². The average molecular weight is 498 g/mol. The third-order valence-electron chi connectivity index (χ3n) is 5.65. The number of aromatic nitrogens is 3. The number of benzene rings is 2. The van der Waals surface area contributed by atoms with Gasteiger partial charge in [-0.05, 0) is 75.2 Å². The van der Waals surface area contributed by atoms with Crippen molar-refractivity contribution < 1.29 is 13.2 Å². The zero-order valence-corrected chi connectivity index (χ0v) is 21.6. The lowest BCUT2D eigenvalue weighted by Gasteiger charge is -2.14. The number of carbonyl (C=O) groups is 1.